The lowest BCUT2D eigenvalue weighted by Gasteiger charge is -2.17. The van der Waals surface area contributed by atoms with E-state index >= 15 is 0 Å². The van der Waals surface area contributed by atoms with Crippen molar-refractivity contribution in [2.75, 3.05) is 7.05 Å². The molecule has 0 unspecified atom stereocenters. The van der Waals surface area contributed by atoms with Crippen molar-refractivity contribution in [3.8, 4) is 0 Å². The van der Waals surface area contributed by atoms with Crippen LogP contribution < -0.4 is 0 Å². The van der Waals surface area contributed by atoms with Crippen molar-refractivity contribution in [1.29, 1.82) is 0 Å². The molecule has 1 fully saturated rings. The molecule has 0 aliphatic heterocycles. The third-order valence-corrected chi connectivity index (χ3v) is 4.00. The summed E-state index contributed by atoms with van der Waals surface area (Å²) in [5.41, 5.74) is 1.05. The van der Waals surface area contributed by atoms with Gasteiger partial charge in [0, 0.05) is 18.1 Å². The first-order valence-corrected chi connectivity index (χ1v) is 6.96. The Kier molecular flexibility index (Phi) is 3.19. The van der Waals surface area contributed by atoms with Crippen molar-refractivity contribution in [2.24, 2.45) is 0 Å². The highest BCUT2D eigenvalue weighted by Gasteiger charge is 2.29. The van der Waals surface area contributed by atoms with Crippen molar-refractivity contribution >= 4 is 28.3 Å². The molecule has 3 rings (SSSR count). The van der Waals surface area contributed by atoms with Gasteiger partial charge in [0.25, 0.3) is 0 Å². The minimum absolute atomic E-state index is 0.190. The normalized spacial score (nSPS) is 14.6. The summed E-state index contributed by atoms with van der Waals surface area (Å²) in [5, 5.41) is 2.92. The molecule has 1 amide bonds. The van der Waals surface area contributed by atoms with Gasteiger partial charge in [-0.25, -0.2) is 0 Å². The number of likely N-dealkylation sites (N-methyl/N-ethyl adjacent to an activating group) is 1. The highest BCUT2D eigenvalue weighted by Crippen LogP contribution is 2.27. The first-order valence-electron chi connectivity index (χ1n) is 6.58. The van der Waals surface area contributed by atoms with E-state index in [1.807, 2.05) is 48.3 Å². The third-order valence-electron chi connectivity index (χ3n) is 3.76. The predicted octanol–water partition coefficient (Wildman–Crippen LogP) is 3.66. The van der Waals surface area contributed by atoms with Crippen LogP contribution in [0.4, 0.5) is 0 Å². The molecule has 2 nitrogen and oxygen atoms in total. The van der Waals surface area contributed by atoms with Gasteiger partial charge in [-0.1, -0.05) is 35.9 Å². The van der Waals surface area contributed by atoms with Crippen LogP contribution in [-0.2, 0) is 11.2 Å². The zero-order chi connectivity index (χ0) is 13.4. The van der Waals surface area contributed by atoms with Crippen LogP contribution in [0.3, 0.4) is 0 Å². The number of hydrogen-bond donors (Lipinski definition) is 0. The van der Waals surface area contributed by atoms with Crippen LogP contribution in [0.5, 0.6) is 0 Å². The van der Waals surface area contributed by atoms with Crippen molar-refractivity contribution in [1.82, 2.24) is 4.90 Å². The summed E-state index contributed by atoms with van der Waals surface area (Å²) in [5.74, 6) is 0.190. The van der Waals surface area contributed by atoms with Crippen molar-refractivity contribution in [3.63, 3.8) is 0 Å². The quantitative estimate of drug-likeness (QED) is 0.836. The molecule has 0 spiro atoms. The topological polar surface area (TPSA) is 20.3 Å². The van der Waals surface area contributed by atoms with Gasteiger partial charge in [-0.15, -0.1) is 0 Å². The molecule has 2 aromatic rings. The number of fused-ring (bicyclic) bond motifs is 1. The Bertz CT molecular complexity index is 634. The second kappa shape index (κ2) is 4.86. The van der Waals surface area contributed by atoms with Crippen LogP contribution in [0.2, 0.25) is 5.02 Å². The third kappa shape index (κ3) is 2.59. The highest BCUT2D eigenvalue weighted by molar-refractivity contribution is 6.31. The fourth-order valence-corrected chi connectivity index (χ4v) is 2.59. The fourth-order valence-electron chi connectivity index (χ4n) is 2.42. The molecule has 98 valence electrons. The van der Waals surface area contributed by atoms with E-state index in [0.717, 1.165) is 29.2 Å². The lowest BCUT2D eigenvalue weighted by Crippen LogP contribution is -2.30. The van der Waals surface area contributed by atoms with Gasteiger partial charge in [0.15, 0.2) is 0 Å². The Morgan fingerprint density at radius 2 is 2.11 bits per heavy atom. The number of benzene rings is 2. The van der Waals surface area contributed by atoms with Crippen molar-refractivity contribution in [2.45, 2.75) is 25.3 Å². The Morgan fingerprint density at radius 3 is 2.84 bits per heavy atom. The van der Waals surface area contributed by atoms with Crippen LogP contribution in [-0.4, -0.2) is 23.9 Å². The average Bonchev–Trinajstić information content (AvgIpc) is 3.23. The van der Waals surface area contributed by atoms with Gasteiger partial charge < -0.3 is 4.90 Å². The number of hydrogen-bond acceptors (Lipinski definition) is 1. The lowest BCUT2D eigenvalue weighted by molar-refractivity contribution is -0.129. The summed E-state index contributed by atoms with van der Waals surface area (Å²) in [7, 11) is 1.90. The Labute approximate surface area is 118 Å². The van der Waals surface area contributed by atoms with Crippen LogP contribution >= 0.6 is 11.6 Å². The summed E-state index contributed by atoms with van der Waals surface area (Å²) in [6.07, 6.45) is 2.73. The molecule has 0 radical (unpaired) electrons. The second-order valence-corrected chi connectivity index (χ2v) is 5.63. The van der Waals surface area contributed by atoms with E-state index in [4.69, 9.17) is 11.6 Å². The van der Waals surface area contributed by atoms with E-state index in [2.05, 4.69) is 0 Å². The summed E-state index contributed by atoms with van der Waals surface area (Å²) in [6, 6.07) is 12.3. The van der Waals surface area contributed by atoms with Gasteiger partial charge in [0.2, 0.25) is 5.91 Å². The summed E-state index contributed by atoms with van der Waals surface area (Å²) in [6.45, 7) is 0. The molecule has 2 aromatic carbocycles. The van der Waals surface area contributed by atoms with E-state index in [9.17, 15) is 4.79 Å². The number of rotatable bonds is 3. The maximum Gasteiger partial charge on any atom is 0.227 e. The molecule has 0 aromatic heterocycles. The number of nitrogens with zero attached hydrogens (tertiary/aromatic N) is 1. The molecule has 1 saturated carbocycles. The van der Waals surface area contributed by atoms with Crippen LogP contribution in [0.1, 0.15) is 18.4 Å². The molecule has 1 aliphatic carbocycles. The van der Waals surface area contributed by atoms with Gasteiger partial charge in [-0.2, -0.15) is 0 Å². The van der Waals surface area contributed by atoms with E-state index in [0.29, 0.717) is 17.5 Å². The molecule has 0 heterocycles. The van der Waals surface area contributed by atoms with Crippen LogP contribution in [0.25, 0.3) is 10.8 Å². The molecule has 3 heteroatoms. The van der Waals surface area contributed by atoms with Crippen molar-refractivity contribution < 1.29 is 4.79 Å². The fraction of sp³-hybridized carbons (Fsp3) is 0.312. The molecule has 0 bridgehead atoms. The van der Waals surface area contributed by atoms with E-state index < -0.39 is 0 Å². The number of amides is 1. The van der Waals surface area contributed by atoms with Gasteiger partial charge in [0.05, 0.1) is 6.42 Å². The smallest absolute Gasteiger partial charge is 0.227 e. The van der Waals surface area contributed by atoms with Crippen LogP contribution in [0.15, 0.2) is 36.4 Å². The average molecular weight is 274 g/mol. The first-order chi connectivity index (χ1) is 9.15. The summed E-state index contributed by atoms with van der Waals surface area (Å²) >= 11 is 6.05. The molecule has 0 atom stereocenters. The summed E-state index contributed by atoms with van der Waals surface area (Å²) in [4.78, 5) is 14.1. The van der Waals surface area contributed by atoms with Crippen molar-refractivity contribution in [3.05, 3.63) is 47.0 Å². The molecular formula is C16H16ClNO. The van der Waals surface area contributed by atoms with E-state index in [1.54, 1.807) is 0 Å². The number of carbonyl (C=O) groups excluding carboxylic acids is 1. The van der Waals surface area contributed by atoms with E-state index in [1.165, 1.54) is 0 Å². The maximum absolute atomic E-state index is 12.2. The largest absolute Gasteiger partial charge is 0.342 e. The lowest BCUT2D eigenvalue weighted by atomic mass is 10.0. The Morgan fingerprint density at radius 1 is 1.32 bits per heavy atom. The Hall–Kier alpha value is -1.54. The van der Waals surface area contributed by atoms with Gasteiger partial charge in [-0.05, 0) is 41.3 Å². The zero-order valence-electron chi connectivity index (χ0n) is 10.9. The van der Waals surface area contributed by atoms with Crippen LogP contribution in [0, 0.1) is 0 Å². The maximum atomic E-state index is 12.2. The SMILES string of the molecule is CN(C(=O)Cc1cccc2ccc(Cl)cc12)C1CC1. The molecule has 19 heavy (non-hydrogen) atoms. The van der Waals surface area contributed by atoms with Gasteiger partial charge >= 0.3 is 0 Å². The van der Waals surface area contributed by atoms with Gasteiger partial charge in [0.1, 0.15) is 0 Å². The molecular weight excluding hydrogens is 258 g/mol. The second-order valence-electron chi connectivity index (χ2n) is 5.20. The summed E-state index contributed by atoms with van der Waals surface area (Å²) < 4.78 is 0. The van der Waals surface area contributed by atoms with E-state index in [-0.39, 0.29) is 5.91 Å². The predicted molar refractivity (Wildman–Crippen MR) is 78.5 cm³/mol. The number of halogens is 1. The first kappa shape index (κ1) is 12.5. The zero-order valence-corrected chi connectivity index (χ0v) is 11.7. The molecule has 1 aliphatic rings. The Balaban J connectivity index is 1.91. The monoisotopic (exact) mass is 273 g/mol. The van der Waals surface area contributed by atoms with Gasteiger partial charge in [-0.3, -0.25) is 4.79 Å². The minimum Gasteiger partial charge on any atom is -0.342 e. The molecule has 0 saturated heterocycles. The number of carbonyl (C=O) groups is 1. The minimum atomic E-state index is 0.190. The molecule has 0 N–H and O–H groups in total. The standard InChI is InChI=1S/C16H16ClNO/c1-18(14-7-8-14)16(19)9-12-4-2-3-11-5-6-13(17)10-15(11)12/h2-6,10,14H,7-9H2,1H3. The highest BCUT2D eigenvalue weighted by atomic mass is 35.5.